The van der Waals surface area contributed by atoms with Crippen molar-refractivity contribution >= 4 is 73.8 Å². The summed E-state index contributed by atoms with van der Waals surface area (Å²) in [6, 6.07) is 21.5. The van der Waals surface area contributed by atoms with E-state index in [0.29, 0.717) is 5.02 Å². The molecule has 0 saturated heterocycles. The number of nitrogens with one attached hydrogen (secondary N) is 2. The fourth-order valence-electron chi connectivity index (χ4n) is 2.88. The van der Waals surface area contributed by atoms with Gasteiger partial charge in [-0.3, -0.25) is 4.79 Å². The summed E-state index contributed by atoms with van der Waals surface area (Å²) in [6.07, 6.45) is 0. The molecule has 0 atom stereocenters. The average molecular weight is 484 g/mol. The van der Waals surface area contributed by atoms with Gasteiger partial charge in [-0.05, 0) is 67.2 Å². The maximum absolute atomic E-state index is 12.3. The van der Waals surface area contributed by atoms with Gasteiger partial charge in [0.15, 0.2) is 5.11 Å². The zero-order chi connectivity index (χ0) is 21.8. The number of benzene rings is 3. The summed E-state index contributed by atoms with van der Waals surface area (Å²) in [7, 11) is 0. The largest absolute Gasteiger partial charge is 0.332 e. The van der Waals surface area contributed by atoms with Gasteiger partial charge < -0.3 is 10.6 Å². The molecule has 4 nitrogen and oxygen atoms in total. The highest BCUT2D eigenvalue weighted by Crippen LogP contribution is 2.32. The van der Waals surface area contributed by atoms with Crippen molar-refractivity contribution < 1.29 is 4.79 Å². The average Bonchev–Trinajstić information content (AvgIpc) is 3.19. The molecule has 8 heteroatoms. The van der Waals surface area contributed by atoms with Crippen LogP contribution in [0.1, 0.15) is 5.56 Å². The Morgan fingerprint density at radius 3 is 2.68 bits per heavy atom. The van der Waals surface area contributed by atoms with Crippen LogP contribution in [0.25, 0.3) is 20.8 Å². The highest BCUT2D eigenvalue weighted by Gasteiger charge is 2.11. The molecule has 0 unspecified atom stereocenters. The number of nitrogens with zero attached hydrogens (tertiary/aromatic N) is 1. The number of amides is 1. The van der Waals surface area contributed by atoms with Gasteiger partial charge in [0.2, 0.25) is 5.91 Å². The molecule has 0 aliphatic heterocycles. The Morgan fingerprint density at radius 2 is 1.90 bits per heavy atom. The van der Waals surface area contributed by atoms with Gasteiger partial charge in [-0.2, -0.15) is 0 Å². The second kappa shape index (κ2) is 9.78. The van der Waals surface area contributed by atoms with E-state index in [2.05, 4.69) is 16.7 Å². The second-order valence-electron chi connectivity index (χ2n) is 6.76. The van der Waals surface area contributed by atoms with E-state index in [4.69, 9.17) is 28.8 Å². The third-order valence-corrected chi connectivity index (χ3v) is 7.02. The lowest BCUT2D eigenvalue weighted by Crippen LogP contribution is -2.35. The number of fused-ring (bicyclic) bond motifs is 1. The quantitative estimate of drug-likeness (QED) is 0.249. The molecule has 3 aromatic carbocycles. The zero-order valence-electron chi connectivity index (χ0n) is 16.5. The maximum Gasteiger partial charge on any atom is 0.236 e. The number of para-hydroxylation sites is 1. The minimum Gasteiger partial charge on any atom is -0.332 e. The Kier molecular flexibility index (Phi) is 6.87. The Hall–Kier alpha value is -2.45. The molecule has 0 saturated carbocycles. The summed E-state index contributed by atoms with van der Waals surface area (Å²) in [5.74, 6) is 0.0891. The summed E-state index contributed by atoms with van der Waals surface area (Å²) in [6.45, 7) is 1.99. The first kappa shape index (κ1) is 21.8. The molecule has 4 rings (SSSR count). The monoisotopic (exact) mass is 483 g/mol. The van der Waals surface area contributed by atoms with Crippen molar-refractivity contribution in [2.24, 2.45) is 0 Å². The first-order valence-electron chi connectivity index (χ1n) is 9.44. The molecule has 0 aliphatic carbocycles. The Bertz CT molecular complexity index is 1220. The molecule has 0 bridgehead atoms. The number of rotatable bonds is 5. The highest BCUT2D eigenvalue weighted by molar-refractivity contribution is 8.00. The summed E-state index contributed by atoms with van der Waals surface area (Å²) in [4.78, 5) is 18.0. The van der Waals surface area contributed by atoms with Gasteiger partial charge in [-0.1, -0.05) is 35.9 Å². The van der Waals surface area contributed by atoms with Crippen molar-refractivity contribution in [1.29, 1.82) is 0 Å². The fourth-order valence-corrected chi connectivity index (χ4v) is 4.89. The number of thioether (sulfide) groups is 1. The molecule has 31 heavy (non-hydrogen) atoms. The zero-order valence-corrected chi connectivity index (χ0v) is 19.7. The number of thiocarbonyl (C=S) groups is 1. The lowest BCUT2D eigenvalue weighted by molar-refractivity contribution is -0.117. The van der Waals surface area contributed by atoms with Gasteiger partial charge >= 0.3 is 0 Å². The van der Waals surface area contributed by atoms with Crippen LogP contribution in [0.2, 0.25) is 5.02 Å². The summed E-state index contributed by atoms with van der Waals surface area (Å²) in [5, 5.41) is 7.76. The van der Waals surface area contributed by atoms with E-state index in [9.17, 15) is 4.79 Å². The standard InChI is InChI=1S/C23H18ClN3OS3/c1-14-6-7-15(22-25-18-4-2-3-5-20(18)31-22)12-19(14)26-23(29)27-21(28)13-30-17-10-8-16(24)9-11-17/h2-12H,13H2,1H3,(H2,26,27,28,29). The lowest BCUT2D eigenvalue weighted by Gasteiger charge is -2.13. The maximum atomic E-state index is 12.3. The molecular weight excluding hydrogens is 466 g/mol. The van der Waals surface area contributed by atoms with E-state index >= 15 is 0 Å². The minimum atomic E-state index is -0.169. The number of thiazole rings is 1. The van der Waals surface area contributed by atoms with Crippen molar-refractivity contribution in [2.75, 3.05) is 11.1 Å². The van der Waals surface area contributed by atoms with Crippen molar-refractivity contribution in [3.8, 4) is 10.6 Å². The summed E-state index contributed by atoms with van der Waals surface area (Å²) < 4.78 is 1.15. The van der Waals surface area contributed by atoms with Crippen molar-refractivity contribution in [3.63, 3.8) is 0 Å². The highest BCUT2D eigenvalue weighted by atomic mass is 35.5. The Labute approximate surface area is 199 Å². The number of hydrogen-bond donors (Lipinski definition) is 2. The first-order chi connectivity index (χ1) is 15.0. The van der Waals surface area contributed by atoms with Crippen molar-refractivity contribution in [3.05, 3.63) is 77.3 Å². The van der Waals surface area contributed by atoms with E-state index in [-0.39, 0.29) is 16.8 Å². The molecule has 1 heterocycles. The predicted molar refractivity (Wildman–Crippen MR) is 136 cm³/mol. The molecule has 1 amide bonds. The minimum absolute atomic E-state index is 0.169. The fraction of sp³-hybridized carbons (Fsp3) is 0.0870. The number of hydrogen-bond acceptors (Lipinski definition) is 5. The first-order valence-corrected chi connectivity index (χ1v) is 12.0. The summed E-state index contributed by atoms with van der Waals surface area (Å²) in [5.41, 5.74) is 3.85. The van der Waals surface area contributed by atoms with E-state index in [1.54, 1.807) is 23.5 Å². The van der Waals surface area contributed by atoms with E-state index in [1.165, 1.54) is 11.8 Å². The molecular formula is C23H18ClN3OS3. The molecule has 0 aliphatic rings. The topological polar surface area (TPSA) is 54.0 Å². The third-order valence-electron chi connectivity index (χ3n) is 4.46. The van der Waals surface area contributed by atoms with Crippen molar-refractivity contribution in [2.45, 2.75) is 11.8 Å². The Balaban J connectivity index is 1.40. The number of carbonyl (C=O) groups is 1. The molecule has 0 radical (unpaired) electrons. The van der Waals surface area contributed by atoms with Crippen LogP contribution >= 0.6 is 46.9 Å². The number of aryl methyl sites for hydroxylation is 1. The lowest BCUT2D eigenvalue weighted by atomic mass is 10.1. The Morgan fingerprint density at radius 1 is 1.13 bits per heavy atom. The van der Waals surface area contributed by atoms with Gasteiger partial charge in [0.1, 0.15) is 5.01 Å². The third kappa shape index (κ3) is 5.62. The SMILES string of the molecule is Cc1ccc(-c2nc3ccccc3s2)cc1NC(=S)NC(=O)CSc1ccc(Cl)cc1. The van der Waals surface area contributed by atoms with Crippen LogP contribution < -0.4 is 10.6 Å². The number of anilines is 1. The normalized spacial score (nSPS) is 10.8. The molecule has 4 aromatic rings. The van der Waals surface area contributed by atoms with Gasteiger partial charge in [0, 0.05) is 21.2 Å². The molecule has 0 spiro atoms. The van der Waals surface area contributed by atoms with E-state index in [0.717, 1.165) is 36.9 Å². The molecule has 0 fully saturated rings. The van der Waals surface area contributed by atoms with Crippen LogP contribution in [0, 0.1) is 6.92 Å². The number of aromatic nitrogens is 1. The number of halogens is 1. The van der Waals surface area contributed by atoms with Crippen LogP contribution in [0.15, 0.2) is 71.6 Å². The predicted octanol–water partition coefficient (Wildman–Crippen LogP) is 6.53. The van der Waals surface area contributed by atoms with Crippen LogP contribution in [-0.2, 0) is 4.79 Å². The van der Waals surface area contributed by atoms with Crippen LogP contribution in [0.4, 0.5) is 5.69 Å². The smallest absolute Gasteiger partial charge is 0.236 e. The van der Waals surface area contributed by atoms with Crippen molar-refractivity contribution in [1.82, 2.24) is 10.3 Å². The molecule has 156 valence electrons. The van der Waals surface area contributed by atoms with Crippen LogP contribution in [0.3, 0.4) is 0 Å². The van der Waals surface area contributed by atoms with Gasteiger partial charge in [-0.25, -0.2) is 4.98 Å². The number of carbonyl (C=O) groups excluding carboxylic acids is 1. The van der Waals surface area contributed by atoms with Gasteiger partial charge in [0.05, 0.1) is 16.0 Å². The summed E-state index contributed by atoms with van der Waals surface area (Å²) >= 11 is 14.3. The van der Waals surface area contributed by atoms with Crippen LogP contribution in [-0.4, -0.2) is 21.8 Å². The van der Waals surface area contributed by atoms with Crippen LogP contribution in [0.5, 0.6) is 0 Å². The van der Waals surface area contributed by atoms with E-state index in [1.807, 2.05) is 55.5 Å². The van der Waals surface area contributed by atoms with E-state index < -0.39 is 0 Å². The van der Waals surface area contributed by atoms with Gasteiger partial charge in [-0.15, -0.1) is 23.1 Å². The molecule has 1 aromatic heterocycles. The second-order valence-corrected chi connectivity index (χ2v) is 9.69. The molecule has 2 N–H and O–H groups in total. The van der Waals surface area contributed by atoms with Gasteiger partial charge in [0.25, 0.3) is 0 Å².